The van der Waals surface area contributed by atoms with Crippen LogP contribution in [-0.2, 0) is 4.79 Å². The molecule has 6 rings (SSSR count). The zero-order valence-electron chi connectivity index (χ0n) is 20.8. The second-order valence-electron chi connectivity index (χ2n) is 9.70. The van der Waals surface area contributed by atoms with Crippen LogP contribution in [0, 0.1) is 6.92 Å². The molecule has 0 saturated heterocycles. The van der Waals surface area contributed by atoms with Crippen molar-refractivity contribution in [2.45, 2.75) is 31.7 Å². The maximum absolute atomic E-state index is 14.1. The fourth-order valence-electron chi connectivity index (χ4n) is 5.32. The number of para-hydroxylation sites is 2. The number of halogens is 1. The number of nitrogens with one attached hydrogen (secondary N) is 2. The van der Waals surface area contributed by atoms with E-state index in [2.05, 4.69) is 10.6 Å². The van der Waals surface area contributed by atoms with E-state index in [-0.39, 0.29) is 17.7 Å². The molecule has 2 atom stereocenters. The maximum Gasteiger partial charge on any atom is 0.327 e. The van der Waals surface area contributed by atoms with E-state index in [1.54, 1.807) is 23.3 Å². The Labute approximate surface area is 225 Å². The second kappa shape index (κ2) is 9.88. The summed E-state index contributed by atoms with van der Waals surface area (Å²) in [6.07, 6.45) is 2.51. The zero-order chi connectivity index (χ0) is 26.2. The molecule has 6 nitrogen and oxygen atoms in total. The first-order valence-corrected chi connectivity index (χ1v) is 12.9. The molecule has 0 fully saturated rings. The van der Waals surface area contributed by atoms with Crippen molar-refractivity contribution in [2.75, 3.05) is 15.5 Å². The lowest BCUT2D eigenvalue weighted by molar-refractivity contribution is -0.116. The Morgan fingerprint density at radius 2 is 1.74 bits per heavy atom. The zero-order valence-corrected chi connectivity index (χ0v) is 21.5. The number of carbonyl (C=O) groups is 2. The highest BCUT2D eigenvalue weighted by Crippen LogP contribution is 2.47. The summed E-state index contributed by atoms with van der Waals surface area (Å²) < 4.78 is 5.67. The summed E-state index contributed by atoms with van der Waals surface area (Å²) in [7, 11) is 0. The molecule has 38 heavy (non-hydrogen) atoms. The summed E-state index contributed by atoms with van der Waals surface area (Å²) in [6, 6.07) is 25.4. The van der Waals surface area contributed by atoms with Crippen LogP contribution in [-0.4, -0.2) is 11.8 Å². The highest BCUT2D eigenvalue weighted by Gasteiger charge is 2.42. The number of benzene rings is 3. The molecule has 190 valence electrons. The largest absolute Gasteiger partial charge is 0.469 e. The van der Waals surface area contributed by atoms with Crippen LogP contribution in [0.25, 0.3) is 0 Å². The Bertz CT molecular complexity index is 1530. The number of furan rings is 1. The Kier molecular flexibility index (Phi) is 6.26. The van der Waals surface area contributed by atoms with Crippen LogP contribution in [0.3, 0.4) is 0 Å². The van der Waals surface area contributed by atoms with Crippen molar-refractivity contribution in [1.82, 2.24) is 0 Å². The third kappa shape index (κ3) is 4.48. The highest BCUT2D eigenvalue weighted by atomic mass is 35.5. The molecule has 7 heteroatoms. The maximum atomic E-state index is 14.1. The topological polar surface area (TPSA) is 74.6 Å². The standard InChI is InChI=1S/C31H26ClN3O3/c1-19-8-14-23(15-9-19)33-31(37)35-26-6-3-2-5-24(26)34-25-17-21(28-7-4-16-38-28)18-27(36)29(25)30(35)20-10-12-22(32)13-11-20/h2-16,21,30,34H,17-18H2,1H3,(H,33,37)/t21-,30-/m0/s1. The fourth-order valence-corrected chi connectivity index (χ4v) is 5.45. The molecule has 0 spiro atoms. The molecule has 4 aromatic rings. The monoisotopic (exact) mass is 523 g/mol. The summed E-state index contributed by atoms with van der Waals surface area (Å²) in [4.78, 5) is 29.7. The van der Waals surface area contributed by atoms with Gasteiger partial charge in [-0.3, -0.25) is 9.69 Å². The Balaban J connectivity index is 1.51. The minimum absolute atomic E-state index is 0.0268. The van der Waals surface area contributed by atoms with E-state index < -0.39 is 6.04 Å². The van der Waals surface area contributed by atoms with E-state index in [0.717, 1.165) is 28.3 Å². The summed E-state index contributed by atoms with van der Waals surface area (Å²) in [5.74, 6) is 0.664. The SMILES string of the molecule is Cc1ccc(NC(=O)N2c3ccccc3NC3=C(C(=O)C[C@@H](c4ccco4)C3)[C@@H]2c2ccc(Cl)cc2)cc1. The average molecular weight is 524 g/mol. The van der Waals surface area contributed by atoms with Gasteiger partial charge < -0.3 is 15.1 Å². The molecule has 2 aliphatic rings. The molecule has 1 aromatic heterocycles. The molecule has 0 bridgehead atoms. The molecular weight excluding hydrogens is 498 g/mol. The molecule has 2 amide bonds. The van der Waals surface area contributed by atoms with Crippen LogP contribution < -0.4 is 15.5 Å². The van der Waals surface area contributed by atoms with Crippen molar-refractivity contribution in [1.29, 1.82) is 0 Å². The first kappa shape index (κ1) is 24.1. The molecule has 1 aliphatic carbocycles. The number of nitrogens with zero attached hydrogens (tertiary/aromatic N) is 1. The number of anilines is 3. The van der Waals surface area contributed by atoms with Gasteiger partial charge in [0.25, 0.3) is 0 Å². The van der Waals surface area contributed by atoms with E-state index in [4.69, 9.17) is 16.0 Å². The number of Topliss-reactive ketones (excluding diaryl/α,β-unsaturated/α-hetero) is 1. The van der Waals surface area contributed by atoms with Crippen molar-refractivity contribution < 1.29 is 14.0 Å². The van der Waals surface area contributed by atoms with Crippen LogP contribution in [0.1, 0.15) is 41.7 Å². The van der Waals surface area contributed by atoms with Gasteiger partial charge in [-0.15, -0.1) is 0 Å². The van der Waals surface area contributed by atoms with E-state index in [1.165, 1.54) is 0 Å². The van der Waals surface area contributed by atoms with Gasteiger partial charge in [-0.05, 0) is 67.4 Å². The van der Waals surface area contributed by atoms with Crippen LogP contribution >= 0.6 is 11.6 Å². The first-order valence-electron chi connectivity index (χ1n) is 12.6. The quantitative estimate of drug-likeness (QED) is 0.287. The molecule has 0 radical (unpaired) electrons. The fraction of sp³-hybridized carbons (Fsp3) is 0.161. The van der Waals surface area contributed by atoms with Gasteiger partial charge >= 0.3 is 6.03 Å². The van der Waals surface area contributed by atoms with Crippen LogP contribution in [0.4, 0.5) is 21.9 Å². The lowest BCUT2D eigenvalue weighted by Gasteiger charge is -2.34. The van der Waals surface area contributed by atoms with Gasteiger partial charge in [-0.25, -0.2) is 4.79 Å². The Morgan fingerprint density at radius 1 is 0.974 bits per heavy atom. The third-order valence-electron chi connectivity index (χ3n) is 7.14. The van der Waals surface area contributed by atoms with Crippen LogP contribution in [0.15, 0.2) is 107 Å². The summed E-state index contributed by atoms with van der Waals surface area (Å²) in [5, 5.41) is 7.15. The number of fused-ring (bicyclic) bond motifs is 1. The van der Waals surface area contributed by atoms with Crippen molar-refractivity contribution in [3.63, 3.8) is 0 Å². The van der Waals surface area contributed by atoms with Gasteiger partial charge in [0.1, 0.15) is 5.76 Å². The van der Waals surface area contributed by atoms with E-state index in [9.17, 15) is 9.59 Å². The van der Waals surface area contributed by atoms with Crippen molar-refractivity contribution in [2.24, 2.45) is 0 Å². The van der Waals surface area contributed by atoms with Gasteiger partial charge in [-0.1, -0.05) is 53.6 Å². The normalized spacial score (nSPS) is 18.8. The minimum atomic E-state index is -0.658. The number of aryl methyl sites for hydroxylation is 1. The number of carbonyl (C=O) groups excluding carboxylic acids is 2. The predicted octanol–water partition coefficient (Wildman–Crippen LogP) is 7.85. The summed E-state index contributed by atoms with van der Waals surface area (Å²) >= 11 is 6.23. The van der Waals surface area contributed by atoms with Gasteiger partial charge in [-0.2, -0.15) is 0 Å². The number of rotatable bonds is 3. The lowest BCUT2D eigenvalue weighted by Crippen LogP contribution is -2.41. The average Bonchev–Trinajstić information content (AvgIpc) is 3.41. The molecular formula is C31H26ClN3O3. The Morgan fingerprint density at radius 3 is 2.47 bits per heavy atom. The number of ketones is 1. The summed E-state index contributed by atoms with van der Waals surface area (Å²) in [6.45, 7) is 2.00. The lowest BCUT2D eigenvalue weighted by atomic mass is 9.80. The highest BCUT2D eigenvalue weighted by molar-refractivity contribution is 6.30. The number of hydrogen-bond acceptors (Lipinski definition) is 4. The van der Waals surface area contributed by atoms with Crippen molar-refractivity contribution >= 4 is 40.5 Å². The van der Waals surface area contributed by atoms with Crippen LogP contribution in [0.5, 0.6) is 0 Å². The van der Waals surface area contributed by atoms with E-state index >= 15 is 0 Å². The molecule has 0 unspecified atom stereocenters. The molecule has 1 aliphatic heterocycles. The first-order chi connectivity index (χ1) is 18.5. The molecule has 0 saturated carbocycles. The number of allylic oxidation sites excluding steroid dienone is 1. The van der Waals surface area contributed by atoms with Gasteiger partial charge in [0.05, 0.1) is 23.7 Å². The second-order valence-corrected chi connectivity index (χ2v) is 10.1. The predicted molar refractivity (Wildman–Crippen MR) is 150 cm³/mol. The van der Waals surface area contributed by atoms with Gasteiger partial charge in [0.2, 0.25) is 0 Å². The minimum Gasteiger partial charge on any atom is -0.469 e. The number of hydrogen-bond donors (Lipinski definition) is 2. The van der Waals surface area contributed by atoms with E-state index in [0.29, 0.717) is 34.8 Å². The number of urea groups is 1. The Hall–Kier alpha value is -4.29. The smallest absolute Gasteiger partial charge is 0.327 e. The van der Waals surface area contributed by atoms with Crippen molar-refractivity contribution in [3.8, 4) is 0 Å². The molecule has 2 N–H and O–H groups in total. The summed E-state index contributed by atoms with van der Waals surface area (Å²) in [5.41, 5.74) is 5.36. The van der Waals surface area contributed by atoms with Crippen molar-refractivity contribution in [3.05, 3.63) is 124 Å². The molecule has 2 heterocycles. The van der Waals surface area contributed by atoms with E-state index in [1.807, 2.05) is 79.7 Å². The van der Waals surface area contributed by atoms with Gasteiger partial charge in [0.15, 0.2) is 5.78 Å². The molecule has 3 aromatic carbocycles. The van der Waals surface area contributed by atoms with Gasteiger partial charge in [0, 0.05) is 34.3 Å². The van der Waals surface area contributed by atoms with Crippen LogP contribution in [0.2, 0.25) is 5.02 Å². The third-order valence-corrected chi connectivity index (χ3v) is 7.39. The number of amides is 2.